The number of fused-ring (bicyclic) bond motifs is 1. The van der Waals surface area contributed by atoms with E-state index in [1.165, 1.54) is 18.4 Å². The molecule has 26 heavy (non-hydrogen) atoms. The van der Waals surface area contributed by atoms with Crippen molar-refractivity contribution < 1.29 is 9.32 Å². The summed E-state index contributed by atoms with van der Waals surface area (Å²) < 4.78 is 5.50. The average Bonchev–Trinajstić information content (AvgIpc) is 3.42. The Bertz CT molecular complexity index is 790. The standard InChI is InChI=1S/C20H24N4O2/c25-19-9-5-10-23(19)13-18-21-20(22-26-18)15-12-17(14-6-2-1-3-7-14)24-11-4-8-16(15)24/h1-3,6-7,15-17H,4-5,8-13H2/t15-,16+,17-/m0/s1. The molecule has 0 aliphatic carbocycles. The quantitative estimate of drug-likeness (QED) is 0.847. The van der Waals surface area contributed by atoms with Gasteiger partial charge in [-0.3, -0.25) is 9.69 Å². The molecule has 1 aromatic carbocycles. The van der Waals surface area contributed by atoms with E-state index in [9.17, 15) is 4.79 Å². The van der Waals surface area contributed by atoms with Gasteiger partial charge in [0.2, 0.25) is 11.8 Å². The molecule has 4 heterocycles. The van der Waals surface area contributed by atoms with Crippen LogP contribution in [0.1, 0.15) is 61.3 Å². The molecule has 3 aliphatic heterocycles. The summed E-state index contributed by atoms with van der Waals surface area (Å²) in [5, 5.41) is 4.30. The number of rotatable bonds is 4. The molecule has 6 heteroatoms. The summed E-state index contributed by atoms with van der Waals surface area (Å²) in [6.45, 7) is 2.40. The Morgan fingerprint density at radius 3 is 2.85 bits per heavy atom. The summed E-state index contributed by atoms with van der Waals surface area (Å²) in [6, 6.07) is 11.7. The van der Waals surface area contributed by atoms with Crippen LogP contribution >= 0.6 is 0 Å². The van der Waals surface area contributed by atoms with E-state index in [2.05, 4.69) is 45.4 Å². The van der Waals surface area contributed by atoms with Gasteiger partial charge < -0.3 is 9.42 Å². The van der Waals surface area contributed by atoms with E-state index in [0.717, 1.165) is 31.8 Å². The topological polar surface area (TPSA) is 62.5 Å². The van der Waals surface area contributed by atoms with Crippen LogP contribution < -0.4 is 0 Å². The third-order valence-electron chi connectivity index (χ3n) is 6.18. The fraction of sp³-hybridized carbons (Fsp3) is 0.550. The lowest BCUT2D eigenvalue weighted by Crippen LogP contribution is -2.27. The highest BCUT2D eigenvalue weighted by atomic mass is 16.5. The molecule has 6 nitrogen and oxygen atoms in total. The third kappa shape index (κ3) is 2.72. The van der Waals surface area contributed by atoms with Crippen LogP contribution in [-0.2, 0) is 11.3 Å². The van der Waals surface area contributed by atoms with Gasteiger partial charge in [0.25, 0.3) is 0 Å². The average molecular weight is 352 g/mol. The first kappa shape index (κ1) is 16.0. The molecule has 3 aliphatic rings. The zero-order valence-corrected chi connectivity index (χ0v) is 14.9. The van der Waals surface area contributed by atoms with Gasteiger partial charge in [0.15, 0.2) is 5.82 Å². The Balaban J connectivity index is 1.36. The molecule has 3 atom stereocenters. The van der Waals surface area contributed by atoms with Crippen LogP contribution in [0.4, 0.5) is 0 Å². The van der Waals surface area contributed by atoms with Gasteiger partial charge in [-0.15, -0.1) is 0 Å². The lowest BCUT2D eigenvalue weighted by atomic mass is 9.94. The van der Waals surface area contributed by atoms with E-state index in [4.69, 9.17) is 4.52 Å². The summed E-state index contributed by atoms with van der Waals surface area (Å²) in [5.41, 5.74) is 1.38. The molecule has 0 N–H and O–H groups in total. The van der Waals surface area contributed by atoms with Crippen molar-refractivity contribution >= 4 is 5.91 Å². The Hall–Kier alpha value is -2.21. The minimum atomic E-state index is 0.191. The molecule has 2 aromatic rings. The second-order valence-electron chi connectivity index (χ2n) is 7.68. The first-order valence-corrected chi connectivity index (χ1v) is 9.70. The van der Waals surface area contributed by atoms with Gasteiger partial charge in [0.05, 0.1) is 6.54 Å². The number of likely N-dealkylation sites (tertiary alicyclic amines) is 1. The highest BCUT2D eigenvalue weighted by Gasteiger charge is 2.46. The van der Waals surface area contributed by atoms with E-state index in [0.29, 0.717) is 36.9 Å². The molecule has 136 valence electrons. The number of aromatic nitrogens is 2. The predicted molar refractivity (Wildman–Crippen MR) is 95.2 cm³/mol. The molecule has 0 radical (unpaired) electrons. The van der Waals surface area contributed by atoms with E-state index < -0.39 is 0 Å². The van der Waals surface area contributed by atoms with Gasteiger partial charge in [-0.2, -0.15) is 4.98 Å². The van der Waals surface area contributed by atoms with Crippen LogP contribution in [0, 0.1) is 0 Å². The van der Waals surface area contributed by atoms with Crippen LogP contribution in [0.2, 0.25) is 0 Å². The first-order valence-electron chi connectivity index (χ1n) is 9.70. The van der Waals surface area contributed by atoms with E-state index in [1.54, 1.807) is 0 Å². The van der Waals surface area contributed by atoms with Crippen molar-refractivity contribution in [1.29, 1.82) is 0 Å². The highest BCUT2D eigenvalue weighted by molar-refractivity contribution is 5.77. The van der Waals surface area contributed by atoms with Gasteiger partial charge in [-0.25, -0.2) is 0 Å². The Kier molecular flexibility index (Phi) is 4.00. The van der Waals surface area contributed by atoms with Gasteiger partial charge in [-0.1, -0.05) is 35.5 Å². The second-order valence-corrected chi connectivity index (χ2v) is 7.68. The lowest BCUT2D eigenvalue weighted by Gasteiger charge is -2.24. The van der Waals surface area contributed by atoms with Crippen LogP contribution in [0.15, 0.2) is 34.9 Å². The second kappa shape index (κ2) is 6.50. The van der Waals surface area contributed by atoms with Crippen LogP contribution in [0.25, 0.3) is 0 Å². The lowest BCUT2D eigenvalue weighted by molar-refractivity contribution is -0.128. The highest BCUT2D eigenvalue weighted by Crippen LogP contribution is 2.48. The summed E-state index contributed by atoms with van der Waals surface area (Å²) in [7, 11) is 0. The largest absolute Gasteiger partial charge is 0.337 e. The molecule has 5 rings (SSSR count). The molecule has 1 aromatic heterocycles. The zero-order valence-electron chi connectivity index (χ0n) is 14.9. The molecule has 0 unspecified atom stereocenters. The van der Waals surface area contributed by atoms with Gasteiger partial charge in [0.1, 0.15) is 0 Å². The fourth-order valence-corrected chi connectivity index (χ4v) is 4.96. The maximum absolute atomic E-state index is 11.8. The smallest absolute Gasteiger partial charge is 0.246 e. The number of hydrogen-bond acceptors (Lipinski definition) is 5. The SMILES string of the molecule is O=C1CCCN1Cc1nc([C@H]2C[C@@H](c3ccccc3)N3CCC[C@H]23)no1. The third-order valence-corrected chi connectivity index (χ3v) is 6.18. The predicted octanol–water partition coefficient (Wildman–Crippen LogP) is 2.89. The van der Waals surface area contributed by atoms with Crippen molar-refractivity contribution in [1.82, 2.24) is 19.9 Å². The maximum Gasteiger partial charge on any atom is 0.246 e. The van der Waals surface area contributed by atoms with Crippen molar-refractivity contribution in [2.24, 2.45) is 0 Å². The van der Waals surface area contributed by atoms with Crippen molar-refractivity contribution in [3.05, 3.63) is 47.6 Å². The summed E-state index contributed by atoms with van der Waals surface area (Å²) >= 11 is 0. The summed E-state index contributed by atoms with van der Waals surface area (Å²) in [4.78, 5) is 20.9. The summed E-state index contributed by atoms with van der Waals surface area (Å²) in [5.74, 6) is 1.90. The summed E-state index contributed by atoms with van der Waals surface area (Å²) in [6.07, 6.45) is 5.04. The molecule has 3 saturated heterocycles. The van der Waals surface area contributed by atoms with Gasteiger partial charge in [-0.05, 0) is 37.8 Å². The molecular formula is C20H24N4O2. The van der Waals surface area contributed by atoms with Gasteiger partial charge in [0, 0.05) is 31.0 Å². The molecule has 0 saturated carbocycles. The first-order chi connectivity index (χ1) is 12.8. The number of carbonyl (C=O) groups excluding carboxylic acids is 1. The molecular weight excluding hydrogens is 328 g/mol. The number of carbonyl (C=O) groups is 1. The van der Waals surface area contributed by atoms with Crippen LogP contribution in [0.3, 0.4) is 0 Å². The van der Waals surface area contributed by atoms with Crippen molar-refractivity contribution in [3.63, 3.8) is 0 Å². The minimum Gasteiger partial charge on any atom is -0.337 e. The maximum atomic E-state index is 11.8. The Morgan fingerprint density at radius 2 is 2.04 bits per heavy atom. The number of amides is 1. The van der Waals surface area contributed by atoms with Crippen molar-refractivity contribution in [3.8, 4) is 0 Å². The molecule has 0 bridgehead atoms. The monoisotopic (exact) mass is 352 g/mol. The van der Waals surface area contributed by atoms with Crippen LogP contribution in [-0.4, -0.2) is 45.0 Å². The molecule has 0 spiro atoms. The van der Waals surface area contributed by atoms with Crippen LogP contribution in [0.5, 0.6) is 0 Å². The van der Waals surface area contributed by atoms with Crippen molar-refractivity contribution in [2.45, 2.75) is 56.7 Å². The molecule has 3 fully saturated rings. The molecule has 1 amide bonds. The fourth-order valence-electron chi connectivity index (χ4n) is 4.96. The minimum absolute atomic E-state index is 0.191. The Morgan fingerprint density at radius 1 is 1.15 bits per heavy atom. The normalized spacial score (nSPS) is 28.8. The Labute approximate surface area is 153 Å². The van der Waals surface area contributed by atoms with Crippen molar-refractivity contribution in [2.75, 3.05) is 13.1 Å². The van der Waals surface area contributed by atoms with E-state index in [-0.39, 0.29) is 5.91 Å². The number of nitrogens with zero attached hydrogens (tertiary/aromatic N) is 4. The number of hydrogen-bond donors (Lipinski definition) is 0. The van der Waals surface area contributed by atoms with E-state index >= 15 is 0 Å². The van der Waals surface area contributed by atoms with Gasteiger partial charge >= 0.3 is 0 Å². The van der Waals surface area contributed by atoms with E-state index in [1.807, 2.05) is 4.90 Å². The zero-order chi connectivity index (χ0) is 17.5. The number of benzene rings is 1.